The molecule has 1 amide bonds. The van der Waals surface area contributed by atoms with Crippen molar-refractivity contribution in [2.45, 2.75) is 24.2 Å². The molecule has 0 bridgehead atoms. The number of aryl methyl sites for hydroxylation is 1. The number of hydrogen-bond donors (Lipinski definition) is 2. The standard InChI is InChI=1S/C18H22N2O3S/c1-19-24(22,23)17-10-7-16(8-11-17)9-12-18(21)20-14-13-15-5-3-2-4-6-15/h2-8,10-11,19H,9,12-14H2,1H3,(H,20,21). The van der Waals surface area contributed by atoms with Crippen LogP contribution < -0.4 is 10.0 Å². The van der Waals surface area contributed by atoms with Gasteiger partial charge < -0.3 is 5.32 Å². The van der Waals surface area contributed by atoms with Gasteiger partial charge in [0.1, 0.15) is 0 Å². The molecule has 0 spiro atoms. The van der Waals surface area contributed by atoms with Crippen LogP contribution in [0.1, 0.15) is 17.5 Å². The Morgan fingerprint density at radius 3 is 2.17 bits per heavy atom. The summed E-state index contributed by atoms with van der Waals surface area (Å²) in [6, 6.07) is 16.6. The van der Waals surface area contributed by atoms with Crippen molar-refractivity contribution in [1.29, 1.82) is 0 Å². The first kappa shape index (κ1) is 18.2. The number of hydrogen-bond acceptors (Lipinski definition) is 3. The molecule has 0 saturated carbocycles. The summed E-state index contributed by atoms with van der Waals surface area (Å²) < 4.78 is 25.5. The Hall–Kier alpha value is -2.18. The second-order valence-electron chi connectivity index (χ2n) is 5.44. The Balaban J connectivity index is 1.75. The van der Waals surface area contributed by atoms with Crippen LogP contribution in [0.25, 0.3) is 0 Å². The third-order valence-electron chi connectivity index (χ3n) is 3.72. The molecule has 0 saturated heterocycles. The fourth-order valence-corrected chi connectivity index (χ4v) is 3.02. The first-order valence-corrected chi connectivity index (χ1v) is 9.33. The van der Waals surface area contributed by atoms with Crippen molar-refractivity contribution in [2.24, 2.45) is 0 Å². The van der Waals surface area contributed by atoms with Gasteiger partial charge in [0.05, 0.1) is 4.90 Å². The van der Waals surface area contributed by atoms with Crippen LogP contribution in [0.5, 0.6) is 0 Å². The number of amides is 1. The van der Waals surface area contributed by atoms with E-state index in [0.717, 1.165) is 12.0 Å². The van der Waals surface area contributed by atoms with E-state index in [2.05, 4.69) is 10.0 Å². The summed E-state index contributed by atoms with van der Waals surface area (Å²) >= 11 is 0. The summed E-state index contributed by atoms with van der Waals surface area (Å²) in [6.07, 6.45) is 1.77. The second-order valence-corrected chi connectivity index (χ2v) is 7.32. The molecule has 2 N–H and O–H groups in total. The van der Waals surface area contributed by atoms with E-state index < -0.39 is 10.0 Å². The smallest absolute Gasteiger partial charge is 0.240 e. The van der Waals surface area contributed by atoms with E-state index in [4.69, 9.17) is 0 Å². The summed E-state index contributed by atoms with van der Waals surface area (Å²) in [5.41, 5.74) is 2.13. The molecule has 24 heavy (non-hydrogen) atoms. The fraction of sp³-hybridized carbons (Fsp3) is 0.278. The first-order chi connectivity index (χ1) is 11.5. The van der Waals surface area contributed by atoms with Gasteiger partial charge in [0, 0.05) is 13.0 Å². The molecular weight excluding hydrogens is 324 g/mol. The Morgan fingerprint density at radius 2 is 1.54 bits per heavy atom. The summed E-state index contributed by atoms with van der Waals surface area (Å²) in [4.78, 5) is 12.1. The maximum Gasteiger partial charge on any atom is 0.240 e. The van der Waals surface area contributed by atoms with Crippen molar-refractivity contribution in [1.82, 2.24) is 10.0 Å². The minimum absolute atomic E-state index is 0.00199. The van der Waals surface area contributed by atoms with Crippen LogP contribution in [0.15, 0.2) is 59.5 Å². The number of carbonyl (C=O) groups excluding carboxylic acids is 1. The molecule has 0 radical (unpaired) electrons. The topological polar surface area (TPSA) is 75.3 Å². The van der Waals surface area contributed by atoms with Crippen molar-refractivity contribution in [3.63, 3.8) is 0 Å². The lowest BCUT2D eigenvalue weighted by Gasteiger charge is -2.07. The van der Waals surface area contributed by atoms with Crippen LogP contribution in [0, 0.1) is 0 Å². The lowest BCUT2D eigenvalue weighted by molar-refractivity contribution is -0.121. The number of rotatable bonds is 8. The average Bonchev–Trinajstić information content (AvgIpc) is 2.61. The molecule has 2 aromatic carbocycles. The molecule has 0 atom stereocenters. The minimum Gasteiger partial charge on any atom is -0.356 e. The van der Waals surface area contributed by atoms with E-state index in [-0.39, 0.29) is 10.8 Å². The third-order valence-corrected chi connectivity index (χ3v) is 5.15. The van der Waals surface area contributed by atoms with Gasteiger partial charge in [-0.15, -0.1) is 0 Å². The molecule has 0 aromatic heterocycles. The van der Waals surface area contributed by atoms with Crippen LogP contribution >= 0.6 is 0 Å². The molecular formula is C18H22N2O3S. The summed E-state index contributed by atoms with van der Waals surface area (Å²) in [7, 11) is -2.04. The molecule has 0 fully saturated rings. The monoisotopic (exact) mass is 346 g/mol. The minimum atomic E-state index is -3.41. The fourth-order valence-electron chi connectivity index (χ4n) is 2.29. The van der Waals surface area contributed by atoms with Crippen molar-refractivity contribution >= 4 is 15.9 Å². The van der Waals surface area contributed by atoms with E-state index >= 15 is 0 Å². The maximum absolute atomic E-state index is 11.9. The van der Waals surface area contributed by atoms with Gasteiger partial charge in [0.25, 0.3) is 0 Å². The van der Waals surface area contributed by atoms with Gasteiger partial charge in [-0.25, -0.2) is 13.1 Å². The molecule has 2 rings (SSSR count). The molecule has 5 nitrogen and oxygen atoms in total. The molecule has 128 valence electrons. The highest BCUT2D eigenvalue weighted by Crippen LogP contribution is 2.11. The van der Waals surface area contributed by atoms with Crippen LogP contribution in [0.4, 0.5) is 0 Å². The molecule has 0 aliphatic carbocycles. The average molecular weight is 346 g/mol. The summed E-state index contributed by atoms with van der Waals surface area (Å²) in [5.74, 6) is -0.00199. The molecule has 0 aliphatic rings. The Kier molecular flexibility index (Phi) is 6.52. The number of nitrogens with one attached hydrogen (secondary N) is 2. The van der Waals surface area contributed by atoms with Gasteiger partial charge in [0.2, 0.25) is 15.9 Å². The third kappa shape index (κ3) is 5.47. The SMILES string of the molecule is CNS(=O)(=O)c1ccc(CCC(=O)NCCc2ccccc2)cc1. The van der Waals surface area contributed by atoms with Gasteiger partial charge in [0.15, 0.2) is 0 Å². The van der Waals surface area contributed by atoms with E-state index in [9.17, 15) is 13.2 Å². The highest BCUT2D eigenvalue weighted by molar-refractivity contribution is 7.89. The van der Waals surface area contributed by atoms with Gasteiger partial charge in [-0.1, -0.05) is 42.5 Å². The molecule has 0 unspecified atom stereocenters. The largest absolute Gasteiger partial charge is 0.356 e. The van der Waals surface area contributed by atoms with Crippen LogP contribution in [0.2, 0.25) is 0 Å². The predicted molar refractivity (Wildman–Crippen MR) is 94.2 cm³/mol. The summed E-state index contributed by atoms with van der Waals surface area (Å²) in [5, 5.41) is 2.90. The predicted octanol–water partition coefficient (Wildman–Crippen LogP) is 1.89. The zero-order valence-electron chi connectivity index (χ0n) is 13.7. The van der Waals surface area contributed by atoms with Gasteiger partial charge in [-0.3, -0.25) is 4.79 Å². The van der Waals surface area contributed by atoms with Crippen molar-refractivity contribution in [2.75, 3.05) is 13.6 Å². The quantitative estimate of drug-likeness (QED) is 0.766. The molecule has 0 heterocycles. The van der Waals surface area contributed by atoms with Crippen molar-refractivity contribution in [3.05, 3.63) is 65.7 Å². The van der Waals surface area contributed by atoms with E-state index in [0.29, 0.717) is 19.4 Å². The normalized spacial score (nSPS) is 11.2. The van der Waals surface area contributed by atoms with E-state index in [1.54, 1.807) is 24.3 Å². The zero-order chi connectivity index (χ0) is 17.4. The van der Waals surface area contributed by atoms with Crippen LogP contribution in [-0.4, -0.2) is 27.9 Å². The maximum atomic E-state index is 11.9. The van der Waals surface area contributed by atoms with Crippen molar-refractivity contribution in [3.8, 4) is 0 Å². The second kappa shape index (κ2) is 8.61. The van der Waals surface area contributed by atoms with Crippen molar-refractivity contribution < 1.29 is 13.2 Å². The Bertz CT molecular complexity index is 757. The molecule has 6 heteroatoms. The highest BCUT2D eigenvalue weighted by atomic mass is 32.2. The lowest BCUT2D eigenvalue weighted by atomic mass is 10.1. The van der Waals surface area contributed by atoms with Gasteiger partial charge >= 0.3 is 0 Å². The Morgan fingerprint density at radius 1 is 0.917 bits per heavy atom. The molecule has 0 aliphatic heterocycles. The molecule has 2 aromatic rings. The van der Waals surface area contributed by atoms with E-state index in [1.165, 1.54) is 12.6 Å². The Labute approximate surface area is 143 Å². The first-order valence-electron chi connectivity index (χ1n) is 7.84. The zero-order valence-corrected chi connectivity index (χ0v) is 14.5. The van der Waals surface area contributed by atoms with Gasteiger partial charge in [-0.2, -0.15) is 0 Å². The van der Waals surface area contributed by atoms with Crippen LogP contribution in [-0.2, 0) is 27.7 Å². The lowest BCUT2D eigenvalue weighted by Crippen LogP contribution is -2.25. The number of benzene rings is 2. The summed E-state index contributed by atoms with van der Waals surface area (Å²) in [6.45, 7) is 0.613. The van der Waals surface area contributed by atoms with Gasteiger partial charge in [-0.05, 0) is 43.1 Å². The highest BCUT2D eigenvalue weighted by Gasteiger charge is 2.10. The number of carbonyl (C=O) groups is 1. The number of sulfonamides is 1. The van der Waals surface area contributed by atoms with E-state index in [1.807, 2.05) is 30.3 Å². The van der Waals surface area contributed by atoms with Crippen LogP contribution in [0.3, 0.4) is 0 Å².